The highest BCUT2D eigenvalue weighted by molar-refractivity contribution is 7.18. The first-order valence-corrected chi connectivity index (χ1v) is 13.9. The van der Waals surface area contributed by atoms with Gasteiger partial charge in [0.2, 0.25) is 0 Å². The third-order valence-corrected chi connectivity index (χ3v) is 8.32. The quantitative estimate of drug-likeness (QED) is 0.268. The van der Waals surface area contributed by atoms with Crippen LogP contribution >= 0.6 is 11.3 Å². The van der Waals surface area contributed by atoms with E-state index in [1.165, 1.54) is 23.4 Å². The number of carbonyl (C=O) groups is 1. The number of nitrogens with zero attached hydrogens (tertiary/aromatic N) is 5. The fraction of sp³-hybridized carbons (Fsp3) is 0.241. The van der Waals surface area contributed by atoms with E-state index in [0.29, 0.717) is 21.6 Å². The average Bonchev–Trinajstić information content (AvgIpc) is 3.41. The third kappa shape index (κ3) is 4.84. The standard InChI is InChI=1S/C29H30N8OS/c1-3-36-12-14-37(15-13-36)20-7-5-19(6-8-20)34-28-22-9-4-18(2)24(21(22)10-11-31-28)35-29(38)23-16-39-26-25(23)32-17-33-27(26)30/h4-11,16-17H,3,12-15H2,1-2H3,(H,31,34)(H,35,38)(H2,30,32,33). The normalized spacial score (nSPS) is 14.2. The first-order valence-electron chi connectivity index (χ1n) is 13.0. The van der Waals surface area contributed by atoms with Crippen LogP contribution in [-0.4, -0.2) is 58.5 Å². The maximum atomic E-state index is 13.3. The molecule has 0 saturated carbocycles. The molecule has 5 aromatic rings. The average molecular weight is 539 g/mol. The number of amides is 1. The molecular weight excluding hydrogens is 508 g/mol. The Balaban J connectivity index is 1.25. The fourth-order valence-corrected chi connectivity index (χ4v) is 5.96. The van der Waals surface area contributed by atoms with Crippen LogP contribution < -0.4 is 21.3 Å². The Bertz CT molecular complexity index is 1660. The maximum Gasteiger partial charge on any atom is 0.258 e. The number of thiophene rings is 1. The molecule has 0 unspecified atom stereocenters. The highest BCUT2D eigenvalue weighted by Crippen LogP contribution is 2.34. The summed E-state index contributed by atoms with van der Waals surface area (Å²) in [5.74, 6) is 0.865. The van der Waals surface area contributed by atoms with Crippen molar-refractivity contribution < 1.29 is 4.79 Å². The second-order valence-corrected chi connectivity index (χ2v) is 10.5. The zero-order valence-corrected chi connectivity index (χ0v) is 22.8. The highest BCUT2D eigenvalue weighted by Gasteiger charge is 2.19. The number of carbonyl (C=O) groups excluding carboxylic acids is 1. The van der Waals surface area contributed by atoms with E-state index in [2.05, 4.69) is 66.6 Å². The summed E-state index contributed by atoms with van der Waals surface area (Å²) in [5.41, 5.74) is 10.9. The molecule has 4 heterocycles. The van der Waals surface area contributed by atoms with Crippen molar-refractivity contribution in [3.05, 3.63) is 71.5 Å². The molecule has 198 valence electrons. The van der Waals surface area contributed by atoms with E-state index in [1.807, 2.05) is 25.1 Å². The van der Waals surface area contributed by atoms with Crippen LogP contribution in [0.2, 0.25) is 0 Å². The van der Waals surface area contributed by atoms with Crippen LogP contribution in [0.15, 0.2) is 60.4 Å². The molecule has 0 spiro atoms. The molecule has 1 saturated heterocycles. The van der Waals surface area contributed by atoms with E-state index in [4.69, 9.17) is 5.73 Å². The Labute approximate surface area is 230 Å². The number of aromatic nitrogens is 3. The molecule has 10 heteroatoms. The van der Waals surface area contributed by atoms with Gasteiger partial charge in [0.1, 0.15) is 18.0 Å². The zero-order valence-electron chi connectivity index (χ0n) is 21.9. The number of piperazine rings is 1. The summed E-state index contributed by atoms with van der Waals surface area (Å²) in [6.45, 7) is 9.58. The molecule has 1 aliphatic heterocycles. The van der Waals surface area contributed by atoms with Gasteiger partial charge in [-0.3, -0.25) is 4.79 Å². The number of nitrogen functional groups attached to an aromatic ring is 1. The van der Waals surface area contributed by atoms with E-state index in [9.17, 15) is 4.79 Å². The van der Waals surface area contributed by atoms with Crippen molar-refractivity contribution in [3.63, 3.8) is 0 Å². The summed E-state index contributed by atoms with van der Waals surface area (Å²) in [5, 5.41) is 10.2. The summed E-state index contributed by atoms with van der Waals surface area (Å²) in [6.07, 6.45) is 3.14. The number of hydrogen-bond donors (Lipinski definition) is 3. The van der Waals surface area contributed by atoms with Gasteiger partial charge in [0.05, 0.1) is 21.5 Å². The second kappa shape index (κ2) is 10.5. The topological polar surface area (TPSA) is 112 Å². The van der Waals surface area contributed by atoms with Gasteiger partial charge >= 0.3 is 0 Å². The van der Waals surface area contributed by atoms with Gasteiger partial charge in [-0.1, -0.05) is 19.1 Å². The number of anilines is 5. The summed E-state index contributed by atoms with van der Waals surface area (Å²) in [4.78, 5) is 31.2. The van der Waals surface area contributed by atoms with E-state index < -0.39 is 0 Å². The molecule has 2 aromatic carbocycles. The number of nitrogens with one attached hydrogen (secondary N) is 2. The molecule has 9 nitrogen and oxygen atoms in total. The van der Waals surface area contributed by atoms with Crippen LogP contribution in [0.4, 0.5) is 28.7 Å². The van der Waals surface area contributed by atoms with Gasteiger partial charge < -0.3 is 26.2 Å². The number of fused-ring (bicyclic) bond motifs is 2. The van der Waals surface area contributed by atoms with Crippen molar-refractivity contribution in [1.82, 2.24) is 19.9 Å². The Morgan fingerprint density at radius 1 is 1.00 bits per heavy atom. The monoisotopic (exact) mass is 538 g/mol. The number of likely N-dealkylation sites (N-methyl/N-ethyl adjacent to an activating group) is 1. The Morgan fingerprint density at radius 2 is 1.79 bits per heavy atom. The van der Waals surface area contributed by atoms with Crippen molar-refractivity contribution in [2.45, 2.75) is 13.8 Å². The van der Waals surface area contributed by atoms with Crippen molar-refractivity contribution in [2.24, 2.45) is 0 Å². The van der Waals surface area contributed by atoms with Gasteiger partial charge in [-0.25, -0.2) is 15.0 Å². The summed E-state index contributed by atoms with van der Waals surface area (Å²) in [6, 6.07) is 14.5. The number of pyridine rings is 1. The molecule has 1 aliphatic rings. The summed E-state index contributed by atoms with van der Waals surface area (Å²) >= 11 is 1.37. The van der Waals surface area contributed by atoms with Crippen molar-refractivity contribution in [1.29, 1.82) is 0 Å². The molecule has 0 atom stereocenters. The second-order valence-electron chi connectivity index (χ2n) is 9.65. The Morgan fingerprint density at radius 3 is 2.56 bits per heavy atom. The van der Waals surface area contributed by atoms with Gasteiger partial charge in [-0.15, -0.1) is 11.3 Å². The number of hydrogen-bond acceptors (Lipinski definition) is 9. The van der Waals surface area contributed by atoms with Crippen LogP contribution in [0.1, 0.15) is 22.8 Å². The molecule has 0 radical (unpaired) electrons. The molecule has 4 N–H and O–H groups in total. The van der Waals surface area contributed by atoms with Crippen LogP contribution in [0, 0.1) is 6.92 Å². The smallest absolute Gasteiger partial charge is 0.258 e. The molecule has 1 amide bonds. The van der Waals surface area contributed by atoms with Gasteiger partial charge in [0.25, 0.3) is 5.91 Å². The van der Waals surface area contributed by atoms with Crippen molar-refractivity contribution in [2.75, 3.05) is 54.0 Å². The van der Waals surface area contributed by atoms with Crippen LogP contribution in [0.3, 0.4) is 0 Å². The minimum Gasteiger partial charge on any atom is -0.382 e. The molecule has 0 bridgehead atoms. The van der Waals surface area contributed by atoms with E-state index in [0.717, 1.165) is 66.3 Å². The predicted molar refractivity (Wildman–Crippen MR) is 160 cm³/mol. The zero-order chi connectivity index (χ0) is 26.9. The minimum atomic E-state index is -0.239. The lowest BCUT2D eigenvalue weighted by Crippen LogP contribution is -2.46. The first kappa shape index (κ1) is 25.0. The van der Waals surface area contributed by atoms with E-state index in [-0.39, 0.29) is 5.91 Å². The Hall–Kier alpha value is -4.28. The summed E-state index contributed by atoms with van der Waals surface area (Å²) in [7, 11) is 0. The lowest BCUT2D eigenvalue weighted by Gasteiger charge is -2.35. The molecule has 39 heavy (non-hydrogen) atoms. The minimum absolute atomic E-state index is 0.239. The molecule has 1 fully saturated rings. The summed E-state index contributed by atoms with van der Waals surface area (Å²) < 4.78 is 0.710. The van der Waals surface area contributed by atoms with Gasteiger partial charge in [0, 0.05) is 59.9 Å². The molecule has 6 rings (SSSR count). The van der Waals surface area contributed by atoms with Crippen LogP contribution in [0.25, 0.3) is 21.0 Å². The number of rotatable bonds is 6. The lowest BCUT2D eigenvalue weighted by molar-refractivity contribution is 0.102. The predicted octanol–water partition coefficient (Wildman–Crippen LogP) is 5.27. The van der Waals surface area contributed by atoms with Crippen molar-refractivity contribution in [3.8, 4) is 0 Å². The van der Waals surface area contributed by atoms with Crippen LogP contribution in [0.5, 0.6) is 0 Å². The van der Waals surface area contributed by atoms with E-state index >= 15 is 0 Å². The number of aryl methyl sites for hydroxylation is 1. The Kier molecular flexibility index (Phi) is 6.72. The highest BCUT2D eigenvalue weighted by atomic mass is 32.1. The fourth-order valence-electron chi connectivity index (χ4n) is 5.06. The van der Waals surface area contributed by atoms with E-state index in [1.54, 1.807) is 11.6 Å². The van der Waals surface area contributed by atoms with Gasteiger partial charge in [-0.05, 0) is 49.4 Å². The van der Waals surface area contributed by atoms with Crippen LogP contribution in [-0.2, 0) is 0 Å². The first-order chi connectivity index (χ1) is 19.0. The molecule has 0 aliphatic carbocycles. The lowest BCUT2D eigenvalue weighted by atomic mass is 10.0. The largest absolute Gasteiger partial charge is 0.382 e. The third-order valence-electron chi connectivity index (χ3n) is 7.33. The van der Waals surface area contributed by atoms with Crippen molar-refractivity contribution >= 4 is 66.9 Å². The van der Waals surface area contributed by atoms with Gasteiger partial charge in [0.15, 0.2) is 0 Å². The maximum absolute atomic E-state index is 13.3. The molecular formula is C29H30N8OS. The SMILES string of the molecule is CCN1CCN(c2ccc(Nc3nccc4c(NC(=O)c5csc6c(N)ncnc56)c(C)ccc34)cc2)CC1. The number of benzene rings is 2. The van der Waals surface area contributed by atoms with Gasteiger partial charge in [-0.2, -0.15) is 0 Å². The molecule has 3 aromatic heterocycles. The number of nitrogens with two attached hydrogens (primary N) is 1.